The molecule has 7 nitrogen and oxygen atoms in total. The lowest BCUT2D eigenvalue weighted by atomic mass is 9.95. The number of hydrogen-bond donors (Lipinski definition) is 1. The molecule has 1 fully saturated rings. The molecule has 0 radical (unpaired) electrons. The molecule has 0 aliphatic carbocycles. The van der Waals surface area contributed by atoms with Crippen LogP contribution < -0.4 is 5.69 Å². The lowest BCUT2D eigenvalue weighted by Gasteiger charge is -2.25. The van der Waals surface area contributed by atoms with E-state index in [1.165, 1.54) is 10.6 Å². The predicted octanol–water partition coefficient (Wildman–Crippen LogP) is 4.35. The van der Waals surface area contributed by atoms with E-state index < -0.39 is 16.9 Å². The molecule has 0 spiro atoms. The zero-order chi connectivity index (χ0) is 24.7. The number of carbonyl (C=O) groups is 1. The van der Waals surface area contributed by atoms with Crippen LogP contribution in [0, 0.1) is 17.2 Å². The van der Waals surface area contributed by atoms with Crippen molar-refractivity contribution in [1.29, 1.82) is 0 Å². The Bertz CT molecular complexity index is 1470. The summed E-state index contributed by atoms with van der Waals surface area (Å²) in [6, 6.07) is 14.5. The van der Waals surface area contributed by atoms with Crippen LogP contribution in [-0.2, 0) is 11.2 Å². The second-order valence-electron chi connectivity index (χ2n) is 10.2. The maximum Gasteiger partial charge on any atom is 0.348 e. The van der Waals surface area contributed by atoms with Crippen LogP contribution in [0.1, 0.15) is 33.0 Å². The van der Waals surface area contributed by atoms with Gasteiger partial charge in [-0.25, -0.2) is 18.9 Å². The summed E-state index contributed by atoms with van der Waals surface area (Å²) < 4.78 is 16.6. The van der Waals surface area contributed by atoms with E-state index in [4.69, 9.17) is 0 Å². The first-order valence-electron chi connectivity index (χ1n) is 11.8. The Morgan fingerprint density at radius 3 is 2.69 bits per heavy atom. The minimum atomic E-state index is -0.510. The third-order valence-corrected chi connectivity index (χ3v) is 6.56. The van der Waals surface area contributed by atoms with Gasteiger partial charge in [0.05, 0.1) is 11.2 Å². The van der Waals surface area contributed by atoms with E-state index in [1.54, 1.807) is 18.3 Å². The van der Waals surface area contributed by atoms with Gasteiger partial charge in [0.25, 0.3) is 0 Å². The Labute approximate surface area is 202 Å². The Balaban J connectivity index is 1.40. The summed E-state index contributed by atoms with van der Waals surface area (Å²) in [6.45, 7) is 7.02. The smallest absolute Gasteiger partial charge is 0.342 e. The number of aromatic amines is 1. The van der Waals surface area contributed by atoms with Gasteiger partial charge >= 0.3 is 5.69 Å². The Kier molecular flexibility index (Phi) is 5.75. The van der Waals surface area contributed by atoms with Crippen molar-refractivity contribution >= 4 is 16.8 Å². The van der Waals surface area contributed by atoms with Crippen molar-refractivity contribution in [3.63, 3.8) is 0 Å². The number of aromatic nitrogens is 4. The summed E-state index contributed by atoms with van der Waals surface area (Å²) in [5, 5.41) is 7.65. The summed E-state index contributed by atoms with van der Waals surface area (Å²) in [7, 11) is 0. The average Bonchev–Trinajstić information content (AvgIpc) is 3.44. The highest BCUT2D eigenvalue weighted by atomic mass is 19.1. The van der Waals surface area contributed by atoms with Gasteiger partial charge in [0.2, 0.25) is 5.91 Å². The van der Waals surface area contributed by atoms with Crippen molar-refractivity contribution in [3.05, 3.63) is 76.9 Å². The number of pyridine rings is 1. The molecule has 2 aromatic heterocycles. The number of hydrogen-bond acceptors (Lipinski definition) is 4. The first kappa shape index (κ1) is 23.0. The molecule has 1 aliphatic heterocycles. The van der Waals surface area contributed by atoms with Gasteiger partial charge in [0.15, 0.2) is 0 Å². The third kappa shape index (κ3) is 4.48. The fraction of sp³-hybridized carbons (Fsp3) is 0.333. The monoisotopic (exact) mass is 473 g/mol. The highest BCUT2D eigenvalue weighted by molar-refractivity contribution is 5.84. The summed E-state index contributed by atoms with van der Waals surface area (Å²) in [5.41, 5.74) is 1.61. The number of fused-ring (bicyclic) bond motifs is 1. The fourth-order valence-corrected chi connectivity index (χ4v) is 4.75. The molecule has 35 heavy (non-hydrogen) atoms. The number of nitrogens with zero attached hydrogens (tertiary/aromatic N) is 4. The molecule has 3 heterocycles. The van der Waals surface area contributed by atoms with Crippen LogP contribution in [0.3, 0.4) is 0 Å². The normalized spacial score (nSPS) is 16.2. The molecule has 1 saturated heterocycles. The topological polar surface area (TPSA) is 83.9 Å². The van der Waals surface area contributed by atoms with Crippen LogP contribution in [0.4, 0.5) is 4.39 Å². The van der Waals surface area contributed by atoms with Gasteiger partial charge in [0, 0.05) is 36.5 Å². The molecule has 1 aliphatic rings. The van der Waals surface area contributed by atoms with Gasteiger partial charge in [-0.3, -0.25) is 9.78 Å². The molecular formula is C27H28FN5O2. The van der Waals surface area contributed by atoms with Gasteiger partial charge in [-0.15, -0.1) is 0 Å². The number of nitrogens with one attached hydrogen (secondary N) is 1. The first-order chi connectivity index (χ1) is 16.7. The summed E-state index contributed by atoms with van der Waals surface area (Å²) in [5.74, 6) is 0.226. The lowest BCUT2D eigenvalue weighted by Crippen LogP contribution is -2.38. The van der Waals surface area contributed by atoms with Crippen molar-refractivity contribution in [2.24, 2.45) is 11.3 Å². The van der Waals surface area contributed by atoms with Crippen molar-refractivity contribution in [2.75, 3.05) is 13.1 Å². The summed E-state index contributed by atoms with van der Waals surface area (Å²) in [4.78, 5) is 31.4. The van der Waals surface area contributed by atoms with Crippen LogP contribution in [0.5, 0.6) is 0 Å². The predicted molar refractivity (Wildman–Crippen MR) is 133 cm³/mol. The lowest BCUT2D eigenvalue weighted by molar-refractivity contribution is -0.138. The largest absolute Gasteiger partial charge is 0.348 e. The molecule has 180 valence electrons. The van der Waals surface area contributed by atoms with E-state index in [2.05, 4.69) is 15.2 Å². The molecule has 0 saturated carbocycles. The van der Waals surface area contributed by atoms with E-state index >= 15 is 4.39 Å². The summed E-state index contributed by atoms with van der Waals surface area (Å²) in [6.07, 6.45) is 3.02. The number of carbonyl (C=O) groups excluding carboxylic acids is 1. The number of H-pyrrole nitrogens is 1. The van der Waals surface area contributed by atoms with E-state index in [0.717, 1.165) is 22.9 Å². The first-order valence-corrected chi connectivity index (χ1v) is 11.8. The van der Waals surface area contributed by atoms with Crippen molar-refractivity contribution in [2.45, 2.75) is 33.6 Å². The molecule has 1 atom stereocenters. The number of likely N-dealkylation sites (tertiary alicyclic amines) is 1. The van der Waals surface area contributed by atoms with Crippen LogP contribution in [0.2, 0.25) is 0 Å². The second kappa shape index (κ2) is 8.76. The molecule has 1 N–H and O–H groups in total. The molecule has 2 aromatic carbocycles. The molecule has 5 rings (SSSR count). The van der Waals surface area contributed by atoms with E-state index in [-0.39, 0.29) is 17.5 Å². The van der Waals surface area contributed by atoms with Crippen molar-refractivity contribution in [3.8, 4) is 16.8 Å². The van der Waals surface area contributed by atoms with Crippen LogP contribution in [0.25, 0.3) is 27.7 Å². The fourth-order valence-electron chi connectivity index (χ4n) is 4.75. The maximum absolute atomic E-state index is 15.3. The van der Waals surface area contributed by atoms with E-state index in [9.17, 15) is 9.59 Å². The number of amides is 1. The number of halogens is 1. The standard InChI is InChI=1S/C27H28FN5O2/c1-27(2,3)25(34)32-12-10-17(16-32)13-24-30-31-26(35)33(24)23-9-8-19(14-21(23)28)20-7-6-18-5-4-11-29-22(18)15-20/h4-9,11,14-15,17H,10,12-13,16H2,1-3H3,(H,31,35). The average molecular weight is 474 g/mol. The molecule has 8 heteroatoms. The molecular weight excluding hydrogens is 445 g/mol. The molecule has 1 amide bonds. The molecule has 0 bridgehead atoms. The van der Waals surface area contributed by atoms with Gasteiger partial charge in [0.1, 0.15) is 11.6 Å². The van der Waals surface area contributed by atoms with Crippen molar-refractivity contribution < 1.29 is 9.18 Å². The van der Waals surface area contributed by atoms with Crippen molar-refractivity contribution in [1.82, 2.24) is 24.6 Å². The van der Waals surface area contributed by atoms with Crippen LogP contribution in [0.15, 0.2) is 59.5 Å². The van der Waals surface area contributed by atoms with E-state index in [0.29, 0.717) is 30.9 Å². The zero-order valence-electron chi connectivity index (χ0n) is 20.1. The maximum atomic E-state index is 15.3. The highest BCUT2D eigenvalue weighted by Gasteiger charge is 2.33. The minimum absolute atomic E-state index is 0.116. The number of benzene rings is 2. The minimum Gasteiger partial charge on any atom is -0.342 e. The van der Waals surface area contributed by atoms with Gasteiger partial charge in [-0.1, -0.05) is 45.0 Å². The highest BCUT2D eigenvalue weighted by Crippen LogP contribution is 2.28. The third-order valence-electron chi connectivity index (χ3n) is 6.56. The molecule has 4 aromatic rings. The van der Waals surface area contributed by atoms with Crippen LogP contribution >= 0.6 is 0 Å². The summed E-state index contributed by atoms with van der Waals surface area (Å²) >= 11 is 0. The zero-order valence-corrected chi connectivity index (χ0v) is 20.1. The Morgan fingerprint density at radius 2 is 1.91 bits per heavy atom. The SMILES string of the molecule is CC(C)(C)C(=O)N1CCC(Cc2n[nH]c(=O)n2-c2ccc(-c3ccc4cccnc4c3)cc2F)C1. The van der Waals surface area contributed by atoms with E-state index in [1.807, 2.05) is 56.0 Å². The van der Waals surface area contributed by atoms with Crippen LogP contribution in [-0.4, -0.2) is 43.6 Å². The van der Waals surface area contributed by atoms with Gasteiger partial charge in [-0.05, 0) is 47.7 Å². The number of rotatable bonds is 4. The Hall–Kier alpha value is -3.81. The quantitative estimate of drug-likeness (QED) is 0.478. The van der Waals surface area contributed by atoms with Gasteiger partial charge < -0.3 is 4.90 Å². The molecule has 1 unspecified atom stereocenters. The second-order valence-corrected chi connectivity index (χ2v) is 10.2. The Morgan fingerprint density at radius 1 is 1.14 bits per heavy atom. The van der Waals surface area contributed by atoms with Gasteiger partial charge in [-0.2, -0.15) is 5.10 Å².